The highest BCUT2D eigenvalue weighted by molar-refractivity contribution is 6.00. The van der Waals surface area contributed by atoms with Gasteiger partial charge in [0.1, 0.15) is 0 Å². The molecule has 2 rings (SSSR count). The van der Waals surface area contributed by atoms with E-state index in [1.165, 1.54) is 0 Å². The van der Waals surface area contributed by atoms with E-state index in [2.05, 4.69) is 10.3 Å². The van der Waals surface area contributed by atoms with E-state index < -0.39 is 5.60 Å². The van der Waals surface area contributed by atoms with Gasteiger partial charge in [-0.3, -0.25) is 4.98 Å². The van der Waals surface area contributed by atoms with Crippen LogP contribution >= 0.6 is 0 Å². The summed E-state index contributed by atoms with van der Waals surface area (Å²) in [7, 11) is 0. The van der Waals surface area contributed by atoms with Crippen molar-refractivity contribution in [2.24, 2.45) is 0 Å². The first-order chi connectivity index (χ1) is 7.97. The van der Waals surface area contributed by atoms with Crippen LogP contribution in [0, 0.1) is 0 Å². The van der Waals surface area contributed by atoms with Gasteiger partial charge in [-0.25, -0.2) is 0 Å². The highest BCUT2D eigenvalue weighted by atomic mass is 16.3. The predicted octanol–water partition coefficient (Wildman–Crippen LogP) is 2.00. The largest absolute Gasteiger partial charge is 0.398 e. The molecule has 1 aromatic carbocycles. The second-order valence-corrected chi connectivity index (χ2v) is 4.79. The van der Waals surface area contributed by atoms with E-state index in [-0.39, 0.29) is 0 Å². The van der Waals surface area contributed by atoms with Crippen molar-refractivity contribution in [1.82, 2.24) is 4.98 Å². The Morgan fingerprint density at radius 1 is 1.29 bits per heavy atom. The maximum atomic E-state index is 9.71. The van der Waals surface area contributed by atoms with E-state index in [1.54, 1.807) is 26.2 Å². The molecule has 4 heteroatoms. The summed E-state index contributed by atoms with van der Waals surface area (Å²) in [6, 6.07) is 5.68. The second-order valence-electron chi connectivity index (χ2n) is 4.79. The van der Waals surface area contributed by atoms with E-state index in [4.69, 9.17) is 5.73 Å². The number of aliphatic hydroxyl groups is 1. The summed E-state index contributed by atoms with van der Waals surface area (Å²) in [4.78, 5) is 4.07. The molecule has 0 atom stereocenters. The zero-order valence-electron chi connectivity index (χ0n) is 10.1. The van der Waals surface area contributed by atoms with Crippen molar-refractivity contribution < 1.29 is 5.11 Å². The van der Waals surface area contributed by atoms with Crippen molar-refractivity contribution in [3.8, 4) is 0 Å². The van der Waals surface area contributed by atoms with E-state index >= 15 is 0 Å². The lowest BCUT2D eigenvalue weighted by molar-refractivity contribution is 0.0945. The molecule has 4 nitrogen and oxygen atoms in total. The van der Waals surface area contributed by atoms with Gasteiger partial charge in [0, 0.05) is 41.1 Å². The molecule has 0 aliphatic rings. The smallest absolute Gasteiger partial charge is 0.0763 e. The van der Waals surface area contributed by atoms with Crippen molar-refractivity contribution in [1.29, 1.82) is 0 Å². The SMILES string of the molecule is CC(C)(O)CNc1ccc(N)c2cnccc12. The van der Waals surface area contributed by atoms with Crippen LogP contribution < -0.4 is 11.1 Å². The number of hydrogen-bond donors (Lipinski definition) is 3. The molecule has 1 heterocycles. The molecule has 0 bridgehead atoms. The number of hydrogen-bond acceptors (Lipinski definition) is 4. The van der Waals surface area contributed by atoms with Crippen LogP contribution in [0.15, 0.2) is 30.6 Å². The Bertz CT molecular complexity index is 532. The van der Waals surface area contributed by atoms with Crippen molar-refractivity contribution in [3.63, 3.8) is 0 Å². The van der Waals surface area contributed by atoms with E-state index in [0.717, 1.165) is 16.5 Å². The molecular weight excluding hydrogens is 214 g/mol. The third-order valence-corrected chi connectivity index (χ3v) is 2.56. The van der Waals surface area contributed by atoms with Gasteiger partial charge in [-0.05, 0) is 32.0 Å². The van der Waals surface area contributed by atoms with Crippen LogP contribution in [-0.2, 0) is 0 Å². The number of fused-ring (bicyclic) bond motifs is 1. The van der Waals surface area contributed by atoms with Gasteiger partial charge in [0.2, 0.25) is 0 Å². The molecule has 0 saturated carbocycles. The Kier molecular flexibility index (Phi) is 2.90. The van der Waals surface area contributed by atoms with Gasteiger partial charge >= 0.3 is 0 Å². The third kappa shape index (κ3) is 2.65. The van der Waals surface area contributed by atoms with E-state index in [0.29, 0.717) is 12.2 Å². The lowest BCUT2D eigenvalue weighted by atomic mass is 10.1. The molecule has 0 unspecified atom stereocenters. The fraction of sp³-hybridized carbons (Fsp3) is 0.308. The van der Waals surface area contributed by atoms with Gasteiger partial charge in [0.15, 0.2) is 0 Å². The summed E-state index contributed by atoms with van der Waals surface area (Å²) in [5.41, 5.74) is 6.81. The van der Waals surface area contributed by atoms with Crippen molar-refractivity contribution in [3.05, 3.63) is 30.6 Å². The number of pyridine rings is 1. The Hall–Kier alpha value is -1.81. The van der Waals surface area contributed by atoms with Gasteiger partial charge in [-0.2, -0.15) is 0 Å². The molecule has 0 saturated heterocycles. The van der Waals surface area contributed by atoms with Gasteiger partial charge < -0.3 is 16.2 Å². The van der Waals surface area contributed by atoms with E-state index in [9.17, 15) is 5.11 Å². The number of aromatic nitrogens is 1. The second kappa shape index (κ2) is 4.22. The molecule has 4 N–H and O–H groups in total. The molecular formula is C13H17N3O. The van der Waals surface area contributed by atoms with Crippen molar-refractivity contribution >= 4 is 22.1 Å². The number of anilines is 2. The Morgan fingerprint density at radius 3 is 2.76 bits per heavy atom. The first-order valence-corrected chi connectivity index (χ1v) is 5.56. The molecule has 0 spiro atoms. The Morgan fingerprint density at radius 2 is 2.06 bits per heavy atom. The number of rotatable bonds is 3. The minimum absolute atomic E-state index is 0.480. The van der Waals surface area contributed by atoms with Crippen LogP contribution in [0.5, 0.6) is 0 Å². The van der Waals surface area contributed by atoms with Crippen LogP contribution in [0.1, 0.15) is 13.8 Å². The van der Waals surface area contributed by atoms with Gasteiger partial charge in [-0.1, -0.05) is 0 Å². The zero-order chi connectivity index (χ0) is 12.5. The average Bonchev–Trinajstić information content (AvgIpc) is 2.27. The molecule has 0 fully saturated rings. The first-order valence-electron chi connectivity index (χ1n) is 5.56. The summed E-state index contributed by atoms with van der Waals surface area (Å²) in [6.45, 7) is 4.01. The summed E-state index contributed by atoms with van der Waals surface area (Å²) < 4.78 is 0. The van der Waals surface area contributed by atoms with Gasteiger partial charge in [-0.15, -0.1) is 0 Å². The predicted molar refractivity (Wildman–Crippen MR) is 70.9 cm³/mol. The first kappa shape index (κ1) is 11.7. The normalized spacial score (nSPS) is 11.7. The molecule has 0 amide bonds. The summed E-state index contributed by atoms with van der Waals surface area (Å²) in [5.74, 6) is 0. The zero-order valence-corrected chi connectivity index (χ0v) is 10.1. The highest BCUT2D eigenvalue weighted by Crippen LogP contribution is 2.27. The molecule has 2 aromatic rings. The lowest BCUT2D eigenvalue weighted by Gasteiger charge is -2.19. The monoisotopic (exact) mass is 231 g/mol. The maximum Gasteiger partial charge on any atom is 0.0763 e. The Labute approximate surface area is 100 Å². The molecule has 17 heavy (non-hydrogen) atoms. The maximum absolute atomic E-state index is 9.71. The third-order valence-electron chi connectivity index (χ3n) is 2.56. The lowest BCUT2D eigenvalue weighted by Crippen LogP contribution is -2.29. The topological polar surface area (TPSA) is 71.2 Å². The van der Waals surface area contributed by atoms with Crippen LogP contribution in [-0.4, -0.2) is 22.2 Å². The number of benzene rings is 1. The number of nitrogens with two attached hydrogens (primary N) is 1. The standard InChI is InChI=1S/C13H17N3O/c1-13(2,17)8-16-12-4-3-11(14)10-7-15-6-5-9(10)12/h3-7,16-17H,8,14H2,1-2H3. The van der Waals surface area contributed by atoms with Crippen LogP contribution in [0.3, 0.4) is 0 Å². The van der Waals surface area contributed by atoms with Crippen LogP contribution in [0.25, 0.3) is 10.8 Å². The fourth-order valence-corrected chi connectivity index (χ4v) is 1.68. The summed E-state index contributed by atoms with van der Waals surface area (Å²) in [5, 5.41) is 14.9. The summed E-state index contributed by atoms with van der Waals surface area (Å²) in [6.07, 6.45) is 3.48. The van der Waals surface area contributed by atoms with Gasteiger partial charge in [0.25, 0.3) is 0 Å². The Balaban J connectivity index is 2.38. The van der Waals surface area contributed by atoms with E-state index in [1.807, 2.05) is 18.2 Å². The van der Waals surface area contributed by atoms with Crippen molar-refractivity contribution in [2.45, 2.75) is 19.4 Å². The minimum Gasteiger partial charge on any atom is -0.398 e. The number of nitrogen functional groups attached to an aromatic ring is 1. The molecule has 0 aliphatic carbocycles. The minimum atomic E-state index is -0.749. The van der Waals surface area contributed by atoms with Gasteiger partial charge in [0.05, 0.1) is 5.60 Å². The molecule has 0 aliphatic heterocycles. The molecule has 90 valence electrons. The number of nitrogens with zero attached hydrogens (tertiary/aromatic N) is 1. The molecule has 1 aromatic heterocycles. The highest BCUT2D eigenvalue weighted by Gasteiger charge is 2.12. The van der Waals surface area contributed by atoms with Crippen molar-refractivity contribution in [2.75, 3.05) is 17.6 Å². The molecule has 0 radical (unpaired) electrons. The quantitative estimate of drug-likeness (QED) is 0.706. The van der Waals surface area contributed by atoms with Crippen LogP contribution in [0.4, 0.5) is 11.4 Å². The number of nitrogens with one attached hydrogen (secondary N) is 1. The van der Waals surface area contributed by atoms with Crippen LogP contribution in [0.2, 0.25) is 0 Å². The fourth-order valence-electron chi connectivity index (χ4n) is 1.68. The summed E-state index contributed by atoms with van der Waals surface area (Å²) >= 11 is 0. The average molecular weight is 231 g/mol.